The summed E-state index contributed by atoms with van der Waals surface area (Å²) in [6.07, 6.45) is 3.08. The summed E-state index contributed by atoms with van der Waals surface area (Å²) in [6.45, 7) is 0.844. The van der Waals surface area contributed by atoms with Crippen LogP contribution in [0.2, 0.25) is 0 Å². The molecule has 6 heteroatoms. The van der Waals surface area contributed by atoms with Crippen molar-refractivity contribution < 1.29 is 18.3 Å². The van der Waals surface area contributed by atoms with E-state index in [1.165, 1.54) is 24.3 Å². The molecule has 0 unspecified atom stereocenters. The Bertz CT molecular complexity index is 721. The summed E-state index contributed by atoms with van der Waals surface area (Å²) in [7, 11) is 1.83. The second-order valence-electron chi connectivity index (χ2n) is 4.81. The molecule has 0 saturated carbocycles. The largest absolute Gasteiger partial charge is 0.435 e. The number of hydrogen-bond acceptors (Lipinski definition) is 3. The third kappa shape index (κ3) is 3.58. The molecule has 1 heterocycles. The van der Waals surface area contributed by atoms with E-state index in [4.69, 9.17) is 0 Å². The lowest BCUT2D eigenvalue weighted by molar-refractivity contribution is -0.0498. The van der Waals surface area contributed by atoms with Crippen LogP contribution in [0.1, 0.15) is 27.3 Å². The molecule has 4 nitrogen and oxygen atoms in total. The molecule has 0 amide bonds. The molecule has 0 atom stereocenters. The van der Waals surface area contributed by atoms with Gasteiger partial charge in [-0.25, -0.2) is 0 Å². The maximum Gasteiger partial charge on any atom is 0.387 e. The second-order valence-corrected chi connectivity index (χ2v) is 4.81. The fourth-order valence-corrected chi connectivity index (χ4v) is 2.11. The van der Waals surface area contributed by atoms with Crippen molar-refractivity contribution in [1.82, 2.24) is 9.78 Å². The summed E-state index contributed by atoms with van der Waals surface area (Å²) in [5.41, 5.74) is 2.92. The van der Waals surface area contributed by atoms with Gasteiger partial charge in [-0.2, -0.15) is 13.9 Å². The smallest absolute Gasteiger partial charge is 0.387 e. The highest BCUT2D eigenvalue weighted by atomic mass is 19.3. The van der Waals surface area contributed by atoms with Crippen LogP contribution in [0, 0.1) is 13.8 Å². The lowest BCUT2D eigenvalue weighted by atomic mass is 10.1. The van der Waals surface area contributed by atoms with Gasteiger partial charge < -0.3 is 4.74 Å². The van der Waals surface area contributed by atoms with Crippen molar-refractivity contribution in [3.63, 3.8) is 0 Å². The van der Waals surface area contributed by atoms with Crippen molar-refractivity contribution in [3.8, 4) is 5.75 Å². The van der Waals surface area contributed by atoms with E-state index in [0.717, 1.165) is 17.0 Å². The molecule has 0 bridgehead atoms. The highest BCUT2D eigenvalue weighted by Crippen LogP contribution is 2.18. The number of benzene rings is 1. The first kappa shape index (κ1) is 15.9. The number of ketones is 1. The molecule has 0 spiro atoms. The van der Waals surface area contributed by atoms with E-state index in [9.17, 15) is 13.6 Å². The maximum atomic E-state index is 12.2. The standard InChI is InChI=1S/C16H16F2N2O2/c1-10-14(11(2)20(3)19-10)7-8-15(21)12-5-4-6-13(9-12)22-16(17)18/h4-9,16H,1-3H3. The summed E-state index contributed by atoms with van der Waals surface area (Å²) in [5.74, 6) is -0.328. The van der Waals surface area contributed by atoms with E-state index in [-0.39, 0.29) is 17.1 Å². The van der Waals surface area contributed by atoms with Crippen LogP contribution in [0.4, 0.5) is 8.78 Å². The minimum atomic E-state index is -2.92. The molecule has 1 aromatic heterocycles. The number of halogens is 2. The predicted octanol–water partition coefficient (Wildman–Crippen LogP) is 3.53. The van der Waals surface area contributed by atoms with Crippen LogP contribution in [-0.4, -0.2) is 22.2 Å². The lowest BCUT2D eigenvalue weighted by Crippen LogP contribution is -2.03. The van der Waals surface area contributed by atoms with E-state index in [2.05, 4.69) is 9.84 Å². The Kier molecular flexibility index (Phi) is 4.70. The number of alkyl halides is 2. The number of carbonyl (C=O) groups is 1. The molecule has 22 heavy (non-hydrogen) atoms. The average Bonchev–Trinajstić information content (AvgIpc) is 2.69. The molecule has 1 aromatic carbocycles. The highest BCUT2D eigenvalue weighted by Gasteiger charge is 2.09. The monoisotopic (exact) mass is 306 g/mol. The SMILES string of the molecule is Cc1nn(C)c(C)c1C=CC(=O)c1cccc(OC(F)F)c1. The zero-order chi connectivity index (χ0) is 16.3. The molecule has 0 aliphatic heterocycles. The first-order valence-electron chi connectivity index (χ1n) is 6.66. The van der Waals surface area contributed by atoms with Gasteiger partial charge in [0, 0.05) is 23.9 Å². The van der Waals surface area contributed by atoms with Gasteiger partial charge >= 0.3 is 6.61 Å². The van der Waals surface area contributed by atoms with E-state index in [1.54, 1.807) is 16.8 Å². The highest BCUT2D eigenvalue weighted by molar-refractivity contribution is 6.07. The average molecular weight is 306 g/mol. The molecule has 116 valence electrons. The van der Waals surface area contributed by atoms with E-state index >= 15 is 0 Å². The molecule has 0 N–H and O–H groups in total. The van der Waals surface area contributed by atoms with E-state index < -0.39 is 6.61 Å². The molecule has 2 aromatic rings. The predicted molar refractivity (Wildman–Crippen MR) is 79.1 cm³/mol. The Morgan fingerprint density at radius 1 is 1.36 bits per heavy atom. The number of ether oxygens (including phenoxy) is 1. The summed E-state index contributed by atoms with van der Waals surface area (Å²) >= 11 is 0. The Morgan fingerprint density at radius 3 is 2.68 bits per heavy atom. The fourth-order valence-electron chi connectivity index (χ4n) is 2.11. The van der Waals surface area contributed by atoms with Crippen LogP contribution >= 0.6 is 0 Å². The number of nitrogens with zero attached hydrogens (tertiary/aromatic N) is 2. The first-order chi connectivity index (χ1) is 10.4. The van der Waals surface area contributed by atoms with Crippen molar-refractivity contribution in [3.05, 3.63) is 52.9 Å². The number of allylic oxidation sites excluding steroid dienone is 1. The van der Waals surface area contributed by atoms with Gasteiger partial charge in [-0.3, -0.25) is 9.48 Å². The normalized spacial score (nSPS) is 11.4. The van der Waals surface area contributed by atoms with Gasteiger partial charge in [0.2, 0.25) is 0 Å². The number of aromatic nitrogens is 2. The molecular formula is C16H16F2N2O2. The van der Waals surface area contributed by atoms with Gasteiger partial charge in [-0.05, 0) is 38.1 Å². The van der Waals surface area contributed by atoms with Crippen molar-refractivity contribution >= 4 is 11.9 Å². The second kappa shape index (κ2) is 6.51. The van der Waals surface area contributed by atoms with Crippen LogP contribution in [0.3, 0.4) is 0 Å². The first-order valence-corrected chi connectivity index (χ1v) is 6.66. The third-order valence-corrected chi connectivity index (χ3v) is 3.31. The van der Waals surface area contributed by atoms with Crippen molar-refractivity contribution in [2.45, 2.75) is 20.5 Å². The summed E-state index contributed by atoms with van der Waals surface area (Å²) in [6, 6.07) is 5.72. The Hall–Kier alpha value is -2.50. The molecule has 2 rings (SSSR count). The van der Waals surface area contributed by atoms with Crippen molar-refractivity contribution in [2.24, 2.45) is 7.05 Å². The maximum absolute atomic E-state index is 12.2. The fraction of sp³-hybridized carbons (Fsp3) is 0.250. The van der Waals surface area contributed by atoms with Gasteiger partial charge in [-0.1, -0.05) is 12.1 Å². The Balaban J connectivity index is 2.20. The minimum Gasteiger partial charge on any atom is -0.435 e. The van der Waals surface area contributed by atoms with E-state index in [1.807, 2.05) is 20.9 Å². The molecule has 0 saturated heterocycles. The quantitative estimate of drug-likeness (QED) is 0.627. The van der Waals surface area contributed by atoms with Gasteiger partial charge in [-0.15, -0.1) is 0 Å². The Morgan fingerprint density at radius 2 is 2.09 bits per heavy atom. The molecule has 0 fully saturated rings. The zero-order valence-corrected chi connectivity index (χ0v) is 12.5. The van der Waals surface area contributed by atoms with Gasteiger partial charge in [0.1, 0.15) is 5.75 Å². The van der Waals surface area contributed by atoms with Gasteiger partial charge in [0.15, 0.2) is 5.78 Å². The number of hydrogen-bond donors (Lipinski definition) is 0. The topological polar surface area (TPSA) is 44.1 Å². The van der Waals surface area contributed by atoms with Crippen LogP contribution in [-0.2, 0) is 7.05 Å². The zero-order valence-electron chi connectivity index (χ0n) is 12.5. The van der Waals surface area contributed by atoms with E-state index in [0.29, 0.717) is 0 Å². The van der Waals surface area contributed by atoms with Gasteiger partial charge in [0.25, 0.3) is 0 Å². The number of carbonyl (C=O) groups excluding carboxylic acids is 1. The number of rotatable bonds is 5. The Labute approximate surface area is 127 Å². The summed E-state index contributed by atoms with van der Waals surface area (Å²) < 4.78 is 30.4. The van der Waals surface area contributed by atoms with Crippen LogP contribution in [0.5, 0.6) is 5.75 Å². The number of aryl methyl sites for hydroxylation is 2. The van der Waals surface area contributed by atoms with Crippen LogP contribution in [0.15, 0.2) is 30.3 Å². The van der Waals surface area contributed by atoms with Gasteiger partial charge in [0.05, 0.1) is 5.69 Å². The third-order valence-electron chi connectivity index (χ3n) is 3.31. The lowest BCUT2D eigenvalue weighted by Gasteiger charge is -2.05. The molecular weight excluding hydrogens is 290 g/mol. The van der Waals surface area contributed by atoms with Crippen molar-refractivity contribution in [2.75, 3.05) is 0 Å². The summed E-state index contributed by atoms with van der Waals surface area (Å²) in [5, 5.41) is 4.26. The molecule has 0 aliphatic rings. The summed E-state index contributed by atoms with van der Waals surface area (Å²) in [4.78, 5) is 12.1. The molecule has 0 radical (unpaired) electrons. The molecule has 0 aliphatic carbocycles. The van der Waals surface area contributed by atoms with Crippen molar-refractivity contribution in [1.29, 1.82) is 0 Å². The van der Waals surface area contributed by atoms with Crippen LogP contribution in [0.25, 0.3) is 6.08 Å². The van der Waals surface area contributed by atoms with Crippen LogP contribution < -0.4 is 4.74 Å². The minimum absolute atomic E-state index is 0.0389.